The smallest absolute Gasteiger partial charge is 0.230 e. The Bertz CT molecular complexity index is 959. The Morgan fingerprint density at radius 2 is 2.20 bits per heavy atom. The molecule has 6 heteroatoms. The van der Waals surface area contributed by atoms with Crippen LogP contribution in [0.1, 0.15) is 21.6 Å². The summed E-state index contributed by atoms with van der Waals surface area (Å²) in [4.78, 5) is 17.8. The van der Waals surface area contributed by atoms with E-state index < -0.39 is 0 Å². The molecule has 4 nitrogen and oxygen atoms in total. The minimum Gasteiger partial charge on any atom is -0.350 e. The number of pyridine rings is 1. The van der Waals surface area contributed by atoms with Crippen molar-refractivity contribution in [2.75, 3.05) is 5.75 Å². The molecular formula is C19H17N3OS2. The van der Waals surface area contributed by atoms with Gasteiger partial charge in [0.25, 0.3) is 0 Å². The Labute approximate surface area is 154 Å². The van der Waals surface area contributed by atoms with Crippen LogP contribution in [-0.4, -0.2) is 16.6 Å². The highest BCUT2D eigenvalue weighted by Gasteiger charge is 2.11. The van der Waals surface area contributed by atoms with Gasteiger partial charge in [-0.05, 0) is 48.6 Å². The Kier molecular flexibility index (Phi) is 5.37. The molecule has 1 amide bonds. The van der Waals surface area contributed by atoms with E-state index in [2.05, 4.69) is 22.4 Å². The summed E-state index contributed by atoms with van der Waals surface area (Å²) in [7, 11) is 0. The number of hydrogen-bond donors (Lipinski definition) is 1. The second-order valence-corrected chi connectivity index (χ2v) is 7.74. The molecule has 3 rings (SSSR count). The summed E-state index contributed by atoms with van der Waals surface area (Å²) in [5.74, 6) is 0.174. The van der Waals surface area contributed by atoms with Crippen molar-refractivity contribution in [3.8, 4) is 6.07 Å². The summed E-state index contributed by atoms with van der Waals surface area (Å²) in [5.41, 5.74) is 3.60. The van der Waals surface area contributed by atoms with E-state index >= 15 is 0 Å². The molecule has 126 valence electrons. The minimum absolute atomic E-state index is 0.0652. The number of benzene rings is 1. The van der Waals surface area contributed by atoms with E-state index in [0.29, 0.717) is 17.1 Å². The molecule has 0 saturated carbocycles. The van der Waals surface area contributed by atoms with Gasteiger partial charge in [-0.15, -0.1) is 11.3 Å². The van der Waals surface area contributed by atoms with E-state index in [0.717, 1.165) is 26.9 Å². The molecule has 0 atom stereocenters. The molecular weight excluding hydrogens is 350 g/mol. The lowest BCUT2D eigenvalue weighted by molar-refractivity contribution is -0.118. The van der Waals surface area contributed by atoms with Crippen LogP contribution in [-0.2, 0) is 11.3 Å². The van der Waals surface area contributed by atoms with Crippen LogP contribution in [0.5, 0.6) is 0 Å². The zero-order chi connectivity index (χ0) is 17.8. The summed E-state index contributed by atoms with van der Waals surface area (Å²) in [5, 5.41) is 15.9. The number of carbonyl (C=O) groups excluding carboxylic acids is 1. The molecule has 0 unspecified atom stereocenters. The van der Waals surface area contributed by atoms with E-state index in [1.807, 2.05) is 43.5 Å². The van der Waals surface area contributed by atoms with Crippen molar-refractivity contribution in [2.24, 2.45) is 0 Å². The molecule has 0 aliphatic carbocycles. The van der Waals surface area contributed by atoms with Crippen LogP contribution in [0.25, 0.3) is 10.9 Å². The van der Waals surface area contributed by atoms with Crippen molar-refractivity contribution in [1.29, 1.82) is 5.26 Å². The minimum atomic E-state index is -0.0652. The van der Waals surface area contributed by atoms with Gasteiger partial charge in [0.15, 0.2) is 0 Å². The normalized spacial score (nSPS) is 10.6. The quantitative estimate of drug-likeness (QED) is 0.687. The Hall–Kier alpha value is -2.36. The van der Waals surface area contributed by atoms with Crippen LogP contribution >= 0.6 is 23.1 Å². The molecule has 0 fully saturated rings. The molecule has 0 spiro atoms. The fourth-order valence-electron chi connectivity index (χ4n) is 2.59. The van der Waals surface area contributed by atoms with E-state index in [9.17, 15) is 10.1 Å². The van der Waals surface area contributed by atoms with Crippen LogP contribution in [0.3, 0.4) is 0 Å². The van der Waals surface area contributed by atoms with Gasteiger partial charge in [-0.25, -0.2) is 4.98 Å². The van der Waals surface area contributed by atoms with Crippen LogP contribution in [0.2, 0.25) is 0 Å². The summed E-state index contributed by atoms with van der Waals surface area (Å²) in [6, 6.07) is 12.1. The Morgan fingerprint density at radius 3 is 2.92 bits per heavy atom. The number of nitrogens with one attached hydrogen (secondary N) is 1. The number of amides is 1. The average molecular weight is 367 g/mol. The largest absolute Gasteiger partial charge is 0.350 e. The molecule has 0 radical (unpaired) electrons. The lowest BCUT2D eigenvalue weighted by Gasteiger charge is -2.09. The Balaban J connectivity index is 1.74. The first kappa shape index (κ1) is 17.5. The number of fused-ring (bicyclic) bond motifs is 1. The standard InChI is InChI=1S/C19H17N3OS2/c1-12-6-13(2)16-8-14(9-20)19(22-17(16)7-12)25-11-18(23)21-10-15-4-3-5-24-15/h3-8H,10-11H2,1-2H3,(H,21,23). The van der Waals surface area contributed by atoms with Crippen LogP contribution in [0.15, 0.2) is 40.7 Å². The third-order valence-electron chi connectivity index (χ3n) is 3.75. The van der Waals surface area contributed by atoms with Gasteiger partial charge in [-0.2, -0.15) is 5.26 Å². The molecule has 1 aromatic carbocycles. The van der Waals surface area contributed by atoms with Gasteiger partial charge in [0.1, 0.15) is 11.1 Å². The first-order chi connectivity index (χ1) is 12.1. The van der Waals surface area contributed by atoms with Crippen molar-refractivity contribution < 1.29 is 4.79 Å². The van der Waals surface area contributed by atoms with Gasteiger partial charge in [-0.3, -0.25) is 4.79 Å². The maximum Gasteiger partial charge on any atom is 0.230 e. The number of nitriles is 1. The number of nitrogens with zero attached hydrogens (tertiary/aromatic N) is 2. The maximum atomic E-state index is 12.0. The van der Waals surface area contributed by atoms with Crippen molar-refractivity contribution >= 4 is 39.9 Å². The molecule has 2 heterocycles. The molecule has 2 aromatic heterocycles. The van der Waals surface area contributed by atoms with Crippen molar-refractivity contribution in [3.05, 3.63) is 57.3 Å². The SMILES string of the molecule is Cc1cc(C)c2cc(C#N)c(SCC(=O)NCc3cccs3)nc2c1. The number of carbonyl (C=O) groups is 1. The molecule has 0 aliphatic heterocycles. The molecule has 25 heavy (non-hydrogen) atoms. The summed E-state index contributed by atoms with van der Waals surface area (Å²) >= 11 is 2.91. The highest BCUT2D eigenvalue weighted by atomic mass is 32.2. The van der Waals surface area contributed by atoms with Gasteiger partial charge in [0.05, 0.1) is 23.4 Å². The van der Waals surface area contributed by atoms with E-state index in [1.54, 1.807) is 11.3 Å². The monoisotopic (exact) mass is 367 g/mol. The van der Waals surface area contributed by atoms with Gasteiger partial charge < -0.3 is 5.32 Å². The fraction of sp³-hybridized carbons (Fsp3) is 0.211. The molecule has 0 saturated heterocycles. The summed E-state index contributed by atoms with van der Waals surface area (Å²) < 4.78 is 0. The average Bonchev–Trinajstić information content (AvgIpc) is 3.10. The van der Waals surface area contributed by atoms with Crippen molar-refractivity contribution in [2.45, 2.75) is 25.4 Å². The highest BCUT2D eigenvalue weighted by molar-refractivity contribution is 8.00. The number of aryl methyl sites for hydroxylation is 2. The predicted molar refractivity (Wildman–Crippen MR) is 103 cm³/mol. The molecule has 3 aromatic rings. The predicted octanol–water partition coefficient (Wildman–Crippen LogP) is 4.19. The third kappa shape index (κ3) is 4.19. The maximum absolute atomic E-state index is 12.0. The third-order valence-corrected chi connectivity index (χ3v) is 5.62. The second-order valence-electron chi connectivity index (χ2n) is 5.75. The van der Waals surface area contributed by atoms with Gasteiger partial charge >= 0.3 is 0 Å². The number of aromatic nitrogens is 1. The summed E-state index contributed by atoms with van der Waals surface area (Å²) in [6.45, 7) is 4.58. The molecule has 0 bridgehead atoms. The lowest BCUT2D eigenvalue weighted by Crippen LogP contribution is -2.24. The zero-order valence-corrected chi connectivity index (χ0v) is 15.6. The van der Waals surface area contributed by atoms with E-state index in [4.69, 9.17) is 0 Å². The van der Waals surface area contributed by atoms with E-state index in [1.165, 1.54) is 11.8 Å². The molecule has 0 aliphatic rings. The van der Waals surface area contributed by atoms with Crippen molar-refractivity contribution in [3.63, 3.8) is 0 Å². The van der Waals surface area contributed by atoms with Crippen LogP contribution in [0, 0.1) is 25.2 Å². The number of thiophene rings is 1. The van der Waals surface area contributed by atoms with Crippen LogP contribution < -0.4 is 5.32 Å². The van der Waals surface area contributed by atoms with Crippen molar-refractivity contribution in [1.82, 2.24) is 10.3 Å². The molecule has 1 N–H and O–H groups in total. The first-order valence-electron chi connectivity index (χ1n) is 7.81. The second kappa shape index (κ2) is 7.68. The van der Waals surface area contributed by atoms with Gasteiger partial charge in [0, 0.05) is 10.3 Å². The van der Waals surface area contributed by atoms with Gasteiger partial charge in [-0.1, -0.05) is 23.9 Å². The topological polar surface area (TPSA) is 65.8 Å². The van der Waals surface area contributed by atoms with Crippen LogP contribution in [0.4, 0.5) is 0 Å². The summed E-state index contributed by atoms with van der Waals surface area (Å²) in [6.07, 6.45) is 0. The number of thioether (sulfide) groups is 1. The Morgan fingerprint density at radius 1 is 1.36 bits per heavy atom. The van der Waals surface area contributed by atoms with E-state index in [-0.39, 0.29) is 11.7 Å². The number of hydrogen-bond acceptors (Lipinski definition) is 5. The highest BCUT2D eigenvalue weighted by Crippen LogP contribution is 2.27. The number of rotatable bonds is 5. The first-order valence-corrected chi connectivity index (χ1v) is 9.67. The van der Waals surface area contributed by atoms with Gasteiger partial charge in [0.2, 0.25) is 5.91 Å². The lowest BCUT2D eigenvalue weighted by atomic mass is 10.1. The fourth-order valence-corrected chi connectivity index (χ4v) is 4.02. The zero-order valence-electron chi connectivity index (χ0n) is 14.0.